The average Bonchev–Trinajstić information content (AvgIpc) is 3.77. The van der Waals surface area contributed by atoms with Gasteiger partial charge in [0.25, 0.3) is 0 Å². The van der Waals surface area contributed by atoms with Crippen molar-refractivity contribution in [3.05, 3.63) is 64.7 Å². The van der Waals surface area contributed by atoms with Crippen molar-refractivity contribution in [2.75, 3.05) is 6.54 Å². The van der Waals surface area contributed by atoms with Crippen LogP contribution in [0.4, 0.5) is 13.6 Å². The number of hydrogen-bond donors (Lipinski definition) is 1. The molecule has 0 radical (unpaired) electrons. The van der Waals surface area contributed by atoms with Gasteiger partial charge in [-0.15, -0.1) is 0 Å². The van der Waals surface area contributed by atoms with E-state index in [1.807, 2.05) is 6.07 Å². The van der Waals surface area contributed by atoms with Crippen LogP contribution in [0.2, 0.25) is 5.02 Å². The second kappa shape index (κ2) is 8.96. The lowest BCUT2D eigenvalue weighted by Crippen LogP contribution is -2.46. The molecule has 37 heavy (non-hydrogen) atoms. The third-order valence-corrected chi connectivity index (χ3v) is 9.63. The lowest BCUT2D eigenvalue weighted by atomic mass is 9.94. The van der Waals surface area contributed by atoms with Gasteiger partial charge in [0, 0.05) is 24.1 Å². The summed E-state index contributed by atoms with van der Waals surface area (Å²) < 4.78 is 59.9. The van der Waals surface area contributed by atoms with Crippen LogP contribution in [0.25, 0.3) is 0 Å². The fourth-order valence-electron chi connectivity index (χ4n) is 4.73. The molecule has 0 bridgehead atoms. The van der Waals surface area contributed by atoms with Crippen molar-refractivity contribution in [3.63, 3.8) is 0 Å². The molecule has 3 fully saturated rings. The largest absolute Gasteiger partial charge is 0.425 e. The molecule has 1 heterocycles. The molecule has 194 valence electrons. The number of amides is 2. The van der Waals surface area contributed by atoms with Crippen LogP contribution in [0.3, 0.4) is 0 Å². The van der Waals surface area contributed by atoms with E-state index in [0.717, 1.165) is 12.1 Å². The van der Waals surface area contributed by atoms with Crippen molar-refractivity contribution in [3.8, 4) is 6.07 Å². The molecule has 2 aromatic rings. The number of rotatable bonds is 6. The fraction of sp³-hybridized carbons (Fsp3) is 0.400. The molecule has 0 unspecified atom stereocenters. The molecule has 2 saturated carbocycles. The number of likely N-dealkylation sites (tertiary alicyclic amines) is 1. The minimum absolute atomic E-state index is 0.311. The second-order valence-electron chi connectivity index (χ2n) is 9.70. The Morgan fingerprint density at radius 2 is 1.78 bits per heavy atom. The molecule has 2 aliphatic carbocycles. The van der Waals surface area contributed by atoms with Crippen molar-refractivity contribution in [2.45, 2.75) is 59.4 Å². The molecular weight excluding hydrogens is 528 g/mol. The summed E-state index contributed by atoms with van der Waals surface area (Å²) in [5, 5.41) is 10.9. The summed E-state index contributed by atoms with van der Waals surface area (Å²) >= 11 is 5.99. The van der Waals surface area contributed by atoms with E-state index < -0.39 is 60.8 Å². The molecule has 1 saturated heterocycles. The number of nitrogens with one attached hydrogen (secondary N) is 1. The van der Waals surface area contributed by atoms with Gasteiger partial charge >= 0.3 is 6.09 Å². The lowest BCUT2D eigenvalue weighted by Gasteiger charge is -2.29. The molecule has 5 rings (SSSR count). The van der Waals surface area contributed by atoms with Crippen molar-refractivity contribution in [1.82, 2.24) is 10.2 Å². The lowest BCUT2D eigenvalue weighted by molar-refractivity contribution is -0.140. The number of alkyl carbamates (subject to hydrolysis) is 1. The number of hydrogen-bond acceptors (Lipinski definition) is 6. The van der Waals surface area contributed by atoms with E-state index in [1.54, 1.807) is 24.3 Å². The number of halogens is 3. The number of sulfone groups is 1. The molecule has 1 aliphatic heterocycles. The maximum Gasteiger partial charge on any atom is 0.410 e. The zero-order valence-electron chi connectivity index (χ0n) is 19.4. The van der Waals surface area contributed by atoms with Gasteiger partial charge < -0.3 is 15.0 Å². The summed E-state index contributed by atoms with van der Waals surface area (Å²) in [6, 6.07) is 10.9. The quantitative estimate of drug-likeness (QED) is 0.547. The predicted molar refractivity (Wildman–Crippen MR) is 127 cm³/mol. The molecule has 8 nitrogen and oxygen atoms in total. The van der Waals surface area contributed by atoms with E-state index in [4.69, 9.17) is 16.3 Å². The first kappa shape index (κ1) is 25.4. The monoisotopic (exact) mass is 549 g/mol. The van der Waals surface area contributed by atoms with Gasteiger partial charge in [-0.3, -0.25) is 4.79 Å². The van der Waals surface area contributed by atoms with Gasteiger partial charge in [0.05, 0.1) is 16.7 Å². The smallest absolute Gasteiger partial charge is 0.410 e. The normalized spacial score (nSPS) is 23.1. The van der Waals surface area contributed by atoms with E-state index in [0.29, 0.717) is 42.3 Å². The van der Waals surface area contributed by atoms with Gasteiger partial charge in [0.1, 0.15) is 22.1 Å². The van der Waals surface area contributed by atoms with Crippen molar-refractivity contribution in [2.24, 2.45) is 0 Å². The summed E-state index contributed by atoms with van der Waals surface area (Å²) in [6.45, 7) is -0.353. The Morgan fingerprint density at radius 1 is 1.11 bits per heavy atom. The van der Waals surface area contributed by atoms with E-state index in [1.165, 1.54) is 4.90 Å². The summed E-state index contributed by atoms with van der Waals surface area (Å²) in [4.78, 5) is 26.9. The molecule has 2 aromatic carbocycles. The van der Waals surface area contributed by atoms with Crippen molar-refractivity contribution >= 4 is 33.4 Å². The first-order chi connectivity index (χ1) is 17.5. The Bertz CT molecular complexity index is 1420. The highest BCUT2D eigenvalue weighted by Gasteiger charge is 2.57. The third-order valence-electron chi connectivity index (χ3n) is 7.22. The minimum Gasteiger partial charge on any atom is -0.425 e. The number of benzene rings is 2. The standard InChI is InChI=1S/C25H22ClF2N3O5S/c26-16-3-1-15(2-4-16)25(9-10-25)22(32)31-13-18(37(34,35)20-6-5-17(27)11-19(20)28)12-21(31)36-23(33)30-24(14-29)7-8-24/h1-6,11,18,21H,7-10,12-13H2,(H,30,33)/t18-,21+/m1/s1. The van der Waals surface area contributed by atoms with Crippen LogP contribution in [0, 0.1) is 23.0 Å². The zero-order valence-corrected chi connectivity index (χ0v) is 21.0. The first-order valence-corrected chi connectivity index (χ1v) is 13.6. The highest BCUT2D eigenvalue weighted by atomic mass is 35.5. The minimum atomic E-state index is -4.36. The Hall–Kier alpha value is -3.23. The maximum atomic E-state index is 14.4. The van der Waals surface area contributed by atoms with Crippen LogP contribution in [0.15, 0.2) is 47.4 Å². The second-order valence-corrected chi connectivity index (χ2v) is 12.3. The molecule has 2 atom stereocenters. The van der Waals surface area contributed by atoms with E-state index in [-0.39, 0.29) is 13.0 Å². The maximum absolute atomic E-state index is 14.4. The van der Waals surface area contributed by atoms with E-state index in [9.17, 15) is 32.0 Å². The van der Waals surface area contributed by atoms with Gasteiger partial charge in [0.2, 0.25) is 5.91 Å². The van der Waals surface area contributed by atoms with Crippen molar-refractivity contribution in [1.29, 1.82) is 5.26 Å². The Labute approximate surface area is 217 Å². The summed E-state index contributed by atoms with van der Waals surface area (Å²) in [7, 11) is -4.36. The highest BCUT2D eigenvalue weighted by molar-refractivity contribution is 7.92. The van der Waals surface area contributed by atoms with Gasteiger partial charge in [-0.2, -0.15) is 5.26 Å². The van der Waals surface area contributed by atoms with E-state index >= 15 is 0 Å². The number of nitrogens with zero attached hydrogens (tertiary/aromatic N) is 2. The van der Waals surface area contributed by atoms with Crippen LogP contribution < -0.4 is 5.32 Å². The number of carbonyl (C=O) groups is 2. The molecule has 12 heteroatoms. The summed E-state index contributed by atoms with van der Waals surface area (Å²) in [5.74, 6) is -2.60. The number of carbonyl (C=O) groups excluding carboxylic acids is 2. The van der Waals surface area contributed by atoms with Gasteiger partial charge in [-0.25, -0.2) is 22.0 Å². The molecule has 0 spiro atoms. The predicted octanol–water partition coefficient (Wildman–Crippen LogP) is 3.83. The summed E-state index contributed by atoms with van der Waals surface area (Å²) in [5.41, 5.74) is -1.26. The zero-order chi connectivity index (χ0) is 26.6. The Balaban J connectivity index is 1.44. The third kappa shape index (κ3) is 4.64. The molecule has 2 amide bonds. The van der Waals surface area contributed by atoms with Gasteiger partial charge in [0.15, 0.2) is 16.1 Å². The fourth-order valence-corrected chi connectivity index (χ4v) is 6.58. The SMILES string of the molecule is N#CC1(NC(=O)O[C@H]2C[C@@H](S(=O)(=O)c3ccc(F)cc3F)CN2C(=O)C2(c3ccc(Cl)cc3)CC2)CC1. The molecule has 3 aliphatic rings. The van der Waals surface area contributed by atoms with Crippen LogP contribution in [0.5, 0.6) is 0 Å². The summed E-state index contributed by atoms with van der Waals surface area (Å²) in [6.07, 6.45) is -0.623. The van der Waals surface area contributed by atoms with E-state index in [2.05, 4.69) is 5.32 Å². The van der Waals surface area contributed by atoms with Crippen LogP contribution in [-0.2, 0) is 24.8 Å². The number of ether oxygens (including phenoxy) is 1. The van der Waals surface area contributed by atoms with Crippen LogP contribution >= 0.6 is 11.6 Å². The van der Waals surface area contributed by atoms with Gasteiger partial charge in [-0.1, -0.05) is 23.7 Å². The Morgan fingerprint density at radius 3 is 2.35 bits per heavy atom. The van der Waals surface area contributed by atoms with Crippen LogP contribution in [-0.4, -0.2) is 48.9 Å². The Kier molecular flexibility index (Phi) is 6.15. The molecular formula is C25H22ClF2N3O5S. The molecule has 1 N–H and O–H groups in total. The number of nitriles is 1. The molecule has 0 aromatic heterocycles. The average molecular weight is 550 g/mol. The topological polar surface area (TPSA) is 117 Å². The van der Waals surface area contributed by atoms with Crippen LogP contribution in [0.1, 0.15) is 37.7 Å². The first-order valence-electron chi connectivity index (χ1n) is 11.7. The highest BCUT2D eigenvalue weighted by Crippen LogP contribution is 2.51. The van der Waals surface area contributed by atoms with Gasteiger partial charge in [-0.05, 0) is 55.5 Å². The van der Waals surface area contributed by atoms with Crippen molar-refractivity contribution < 1.29 is 31.5 Å².